The van der Waals surface area contributed by atoms with Crippen LogP contribution < -0.4 is 25.4 Å². The Hall–Kier alpha value is -5.43. The largest absolute Gasteiger partial charge is 0.508 e. The standard InChI is InChI=1S/C18H15FN4O3.C10H7ClFN3O/c19-14-10-20-18(22-11-2-1-3-13(24)8-11)23-17(14)21-12-4-5-15-16(9-12)26-7-6-25-15;11-10-13-5-8(12)9(15-10)14-6-2-1-3-7(16)4-6/h1-5,8-10,24H,6-7H2,(H2,20,21,22,23);1-5,16H,(H,13,14,15). The van der Waals surface area contributed by atoms with Crippen molar-refractivity contribution >= 4 is 46.2 Å². The van der Waals surface area contributed by atoms with E-state index in [-0.39, 0.29) is 34.4 Å². The highest BCUT2D eigenvalue weighted by Crippen LogP contribution is 2.34. The van der Waals surface area contributed by atoms with Gasteiger partial charge in [-0.15, -0.1) is 0 Å². The van der Waals surface area contributed by atoms with E-state index < -0.39 is 11.6 Å². The van der Waals surface area contributed by atoms with Gasteiger partial charge in [0.1, 0.15) is 24.7 Å². The van der Waals surface area contributed by atoms with Crippen LogP contribution in [0, 0.1) is 11.6 Å². The van der Waals surface area contributed by atoms with E-state index >= 15 is 0 Å². The summed E-state index contributed by atoms with van der Waals surface area (Å²) < 4.78 is 38.3. The predicted octanol–water partition coefficient (Wildman–Crippen LogP) is 6.30. The van der Waals surface area contributed by atoms with Crippen molar-refractivity contribution in [2.75, 3.05) is 29.2 Å². The molecule has 3 aromatic carbocycles. The van der Waals surface area contributed by atoms with Gasteiger partial charge in [-0.3, -0.25) is 0 Å². The van der Waals surface area contributed by atoms with E-state index in [1.54, 1.807) is 48.5 Å². The molecule has 0 unspecified atom stereocenters. The third-order valence-electron chi connectivity index (χ3n) is 5.47. The molecule has 0 atom stereocenters. The molecular weight excluding hydrogens is 572 g/mol. The number of phenolic OH excluding ortho intramolecular Hbond substituents is 2. The number of rotatable bonds is 6. The highest BCUT2D eigenvalue weighted by molar-refractivity contribution is 6.28. The average molecular weight is 594 g/mol. The minimum atomic E-state index is -0.618. The third-order valence-corrected chi connectivity index (χ3v) is 5.66. The molecule has 0 saturated carbocycles. The lowest BCUT2D eigenvalue weighted by Gasteiger charge is -2.19. The van der Waals surface area contributed by atoms with Crippen molar-refractivity contribution in [2.24, 2.45) is 0 Å². The fourth-order valence-electron chi connectivity index (χ4n) is 3.64. The zero-order valence-electron chi connectivity index (χ0n) is 21.6. The quantitative estimate of drug-likeness (QED) is 0.141. The Kier molecular flexibility index (Phi) is 8.58. The number of hydrogen-bond donors (Lipinski definition) is 5. The fourth-order valence-corrected chi connectivity index (χ4v) is 3.77. The SMILES string of the molecule is Oc1cccc(Nc2nc(Cl)ncc2F)c1.Oc1cccc(Nc2ncc(F)c(Nc3ccc4c(c3)OCCO4)n2)c1. The first-order valence-electron chi connectivity index (χ1n) is 12.3. The molecule has 0 saturated heterocycles. The minimum Gasteiger partial charge on any atom is -0.508 e. The molecule has 0 radical (unpaired) electrons. The molecule has 1 aliphatic heterocycles. The Labute approximate surface area is 242 Å². The van der Waals surface area contributed by atoms with E-state index in [4.69, 9.17) is 21.1 Å². The lowest BCUT2D eigenvalue weighted by atomic mass is 10.2. The van der Waals surface area contributed by atoms with Crippen molar-refractivity contribution in [2.45, 2.75) is 0 Å². The average Bonchev–Trinajstić information content (AvgIpc) is 2.97. The number of nitrogens with one attached hydrogen (secondary N) is 3. The van der Waals surface area contributed by atoms with E-state index in [1.807, 2.05) is 0 Å². The number of ether oxygens (including phenoxy) is 2. The first-order valence-corrected chi connectivity index (χ1v) is 12.7. The summed E-state index contributed by atoms with van der Waals surface area (Å²) in [5, 5.41) is 27.2. The number of halogens is 3. The van der Waals surface area contributed by atoms with Crippen LogP contribution in [0.2, 0.25) is 5.28 Å². The summed E-state index contributed by atoms with van der Waals surface area (Å²) in [6.07, 6.45) is 2.04. The Morgan fingerprint density at radius 3 is 1.90 bits per heavy atom. The number of benzene rings is 3. The van der Waals surface area contributed by atoms with Crippen LogP contribution in [0.25, 0.3) is 0 Å². The third kappa shape index (κ3) is 7.40. The van der Waals surface area contributed by atoms with E-state index in [1.165, 1.54) is 18.2 Å². The summed E-state index contributed by atoms with van der Waals surface area (Å²) in [5.41, 5.74) is 1.70. The zero-order valence-corrected chi connectivity index (χ0v) is 22.3. The van der Waals surface area contributed by atoms with Crippen LogP contribution in [0.3, 0.4) is 0 Å². The zero-order chi connectivity index (χ0) is 29.5. The van der Waals surface area contributed by atoms with Gasteiger partial charge in [-0.25, -0.2) is 18.7 Å². The van der Waals surface area contributed by atoms with Crippen LogP contribution in [0.15, 0.2) is 79.1 Å². The molecule has 42 heavy (non-hydrogen) atoms. The Bertz CT molecular complexity index is 1710. The van der Waals surface area contributed by atoms with Crippen molar-refractivity contribution in [3.8, 4) is 23.0 Å². The molecule has 5 aromatic rings. The second-order valence-corrected chi connectivity index (χ2v) is 8.90. The minimum absolute atomic E-state index is 0.0133. The van der Waals surface area contributed by atoms with E-state index in [2.05, 4.69) is 35.9 Å². The van der Waals surface area contributed by atoms with Crippen molar-refractivity contribution in [1.82, 2.24) is 19.9 Å². The molecule has 5 N–H and O–H groups in total. The van der Waals surface area contributed by atoms with Gasteiger partial charge in [0.15, 0.2) is 34.8 Å². The molecule has 0 fully saturated rings. The van der Waals surface area contributed by atoms with Gasteiger partial charge in [-0.05, 0) is 48.0 Å². The molecule has 14 heteroatoms. The molecule has 1 aliphatic rings. The van der Waals surface area contributed by atoms with Gasteiger partial charge in [-0.1, -0.05) is 12.1 Å². The molecule has 0 amide bonds. The Morgan fingerprint density at radius 1 is 0.667 bits per heavy atom. The molecule has 0 bridgehead atoms. The maximum atomic E-state index is 14.1. The van der Waals surface area contributed by atoms with Crippen molar-refractivity contribution < 1.29 is 28.5 Å². The van der Waals surface area contributed by atoms with Crippen molar-refractivity contribution in [3.63, 3.8) is 0 Å². The lowest BCUT2D eigenvalue weighted by molar-refractivity contribution is 0.171. The number of anilines is 6. The molecule has 3 heterocycles. The van der Waals surface area contributed by atoms with Gasteiger partial charge in [0.05, 0.1) is 12.4 Å². The highest BCUT2D eigenvalue weighted by Gasteiger charge is 2.14. The maximum Gasteiger partial charge on any atom is 0.229 e. The van der Waals surface area contributed by atoms with Crippen LogP contribution in [0.5, 0.6) is 23.0 Å². The van der Waals surface area contributed by atoms with Crippen LogP contribution in [-0.4, -0.2) is 43.4 Å². The summed E-state index contributed by atoms with van der Waals surface area (Å²) in [5.74, 6) is 0.374. The predicted molar refractivity (Wildman–Crippen MR) is 152 cm³/mol. The van der Waals surface area contributed by atoms with Gasteiger partial charge in [0.2, 0.25) is 11.2 Å². The number of nitrogens with zero attached hydrogens (tertiary/aromatic N) is 4. The number of aromatic hydroxyl groups is 2. The molecule has 0 spiro atoms. The maximum absolute atomic E-state index is 14.1. The molecule has 11 nitrogen and oxygen atoms in total. The number of hydrogen-bond acceptors (Lipinski definition) is 11. The van der Waals surface area contributed by atoms with Crippen molar-refractivity contribution in [3.05, 3.63) is 96.0 Å². The van der Waals surface area contributed by atoms with Crippen LogP contribution in [-0.2, 0) is 0 Å². The Balaban J connectivity index is 0.000000189. The molecule has 0 aliphatic carbocycles. The Morgan fingerprint density at radius 2 is 1.24 bits per heavy atom. The summed E-state index contributed by atoms with van der Waals surface area (Å²) in [4.78, 5) is 15.2. The summed E-state index contributed by atoms with van der Waals surface area (Å²) in [6.45, 7) is 0.973. The molecule has 6 rings (SSSR count). The van der Waals surface area contributed by atoms with Crippen LogP contribution in [0.1, 0.15) is 0 Å². The normalized spacial score (nSPS) is 11.6. The summed E-state index contributed by atoms with van der Waals surface area (Å²) >= 11 is 5.54. The van der Waals surface area contributed by atoms with Crippen LogP contribution >= 0.6 is 11.6 Å². The number of aromatic nitrogens is 4. The van der Waals surface area contributed by atoms with Gasteiger partial charge in [-0.2, -0.15) is 9.97 Å². The van der Waals surface area contributed by atoms with Crippen molar-refractivity contribution in [1.29, 1.82) is 0 Å². The fraction of sp³-hybridized carbons (Fsp3) is 0.0714. The second kappa shape index (κ2) is 12.8. The first kappa shape index (κ1) is 28.1. The highest BCUT2D eigenvalue weighted by atomic mass is 35.5. The topological polar surface area (TPSA) is 147 Å². The number of phenols is 2. The smallest absolute Gasteiger partial charge is 0.229 e. The van der Waals surface area contributed by atoms with Gasteiger partial charge in [0, 0.05) is 35.3 Å². The van der Waals surface area contributed by atoms with Gasteiger partial charge >= 0.3 is 0 Å². The second-order valence-electron chi connectivity index (χ2n) is 8.56. The van der Waals surface area contributed by atoms with Crippen LogP contribution in [0.4, 0.5) is 43.4 Å². The molecule has 214 valence electrons. The summed E-state index contributed by atoms with van der Waals surface area (Å²) in [7, 11) is 0. The molecular formula is C28H22ClF2N7O4. The first-order chi connectivity index (χ1) is 20.3. The number of fused-ring (bicyclic) bond motifs is 1. The molecule has 2 aromatic heterocycles. The van der Waals surface area contributed by atoms with E-state index in [9.17, 15) is 19.0 Å². The monoisotopic (exact) mass is 593 g/mol. The van der Waals surface area contributed by atoms with Gasteiger partial charge in [0.25, 0.3) is 0 Å². The summed E-state index contributed by atoms with van der Waals surface area (Å²) in [6, 6.07) is 17.9. The lowest BCUT2D eigenvalue weighted by Crippen LogP contribution is -2.15. The van der Waals surface area contributed by atoms with E-state index in [0.717, 1.165) is 12.4 Å². The van der Waals surface area contributed by atoms with Gasteiger partial charge < -0.3 is 35.6 Å². The van der Waals surface area contributed by atoms with E-state index in [0.29, 0.717) is 41.8 Å².